The molecule has 0 aliphatic rings. The van der Waals surface area contributed by atoms with Crippen molar-refractivity contribution >= 4 is 22.8 Å². The van der Waals surface area contributed by atoms with Crippen LogP contribution in [0.5, 0.6) is 0 Å². The summed E-state index contributed by atoms with van der Waals surface area (Å²) >= 11 is 1.87. The molecule has 0 saturated carbocycles. The van der Waals surface area contributed by atoms with Gasteiger partial charge in [0.25, 0.3) is 0 Å². The minimum Gasteiger partial charge on any atom is -0.342 e. The second kappa shape index (κ2) is 5.49. The molecule has 1 N–H and O–H groups in total. The zero-order chi connectivity index (χ0) is 13.1. The predicted octanol–water partition coefficient (Wildman–Crippen LogP) is 4.46. The second-order valence-corrected chi connectivity index (χ2v) is 5.76. The molecular weight excluding hydrogens is 252 g/mol. The number of aromatic amines is 1. The van der Waals surface area contributed by atoms with Crippen molar-refractivity contribution in [3.8, 4) is 0 Å². The van der Waals surface area contributed by atoms with Crippen molar-refractivity contribution in [3.63, 3.8) is 0 Å². The van der Waals surface area contributed by atoms with E-state index in [1.165, 1.54) is 4.90 Å². The van der Waals surface area contributed by atoms with E-state index in [2.05, 4.69) is 47.2 Å². The van der Waals surface area contributed by atoms with Gasteiger partial charge in [-0.1, -0.05) is 37.3 Å². The van der Waals surface area contributed by atoms with Crippen molar-refractivity contribution in [1.82, 2.24) is 9.97 Å². The Morgan fingerprint density at radius 2 is 1.79 bits per heavy atom. The summed E-state index contributed by atoms with van der Waals surface area (Å²) in [5.41, 5.74) is 2.17. The Bertz CT molecular complexity index is 628. The first kappa shape index (κ1) is 12.3. The highest BCUT2D eigenvalue weighted by molar-refractivity contribution is 7.99. The van der Waals surface area contributed by atoms with Gasteiger partial charge in [0.1, 0.15) is 5.82 Å². The molecule has 3 rings (SSSR count). The number of H-pyrrole nitrogens is 1. The summed E-state index contributed by atoms with van der Waals surface area (Å²) in [6.45, 7) is 2.22. The van der Waals surface area contributed by atoms with Crippen LogP contribution in [0.1, 0.15) is 18.7 Å². The lowest BCUT2D eigenvalue weighted by Crippen LogP contribution is -1.99. The van der Waals surface area contributed by atoms with Crippen LogP contribution in [-0.4, -0.2) is 15.7 Å². The first-order valence-corrected chi connectivity index (χ1v) is 7.44. The Kier molecular flexibility index (Phi) is 3.56. The molecule has 19 heavy (non-hydrogen) atoms. The minimum atomic E-state index is 0.414. The molecule has 96 valence electrons. The molecule has 0 saturated heterocycles. The van der Waals surface area contributed by atoms with Crippen molar-refractivity contribution in [2.75, 3.05) is 5.75 Å². The van der Waals surface area contributed by atoms with Gasteiger partial charge in [-0.25, -0.2) is 4.98 Å². The summed E-state index contributed by atoms with van der Waals surface area (Å²) in [7, 11) is 0. The molecule has 1 atom stereocenters. The lowest BCUT2D eigenvalue weighted by Gasteiger charge is -2.07. The van der Waals surface area contributed by atoms with E-state index in [0.29, 0.717) is 5.92 Å². The molecule has 3 heteroatoms. The van der Waals surface area contributed by atoms with Crippen molar-refractivity contribution in [2.24, 2.45) is 0 Å². The molecule has 0 aliphatic heterocycles. The fourth-order valence-corrected chi connectivity index (χ4v) is 2.97. The van der Waals surface area contributed by atoms with Crippen LogP contribution < -0.4 is 0 Å². The maximum Gasteiger partial charge on any atom is 0.110 e. The Balaban J connectivity index is 1.71. The van der Waals surface area contributed by atoms with Crippen molar-refractivity contribution < 1.29 is 0 Å². The lowest BCUT2D eigenvalue weighted by atomic mass is 10.2. The number of benzene rings is 2. The van der Waals surface area contributed by atoms with E-state index in [4.69, 9.17) is 0 Å². The molecule has 0 bridgehead atoms. The number of fused-ring (bicyclic) bond motifs is 1. The lowest BCUT2D eigenvalue weighted by molar-refractivity contribution is 0.810. The third-order valence-corrected chi connectivity index (χ3v) is 4.39. The van der Waals surface area contributed by atoms with Crippen LogP contribution in [0.25, 0.3) is 11.0 Å². The van der Waals surface area contributed by atoms with Gasteiger partial charge in [-0.15, -0.1) is 11.8 Å². The van der Waals surface area contributed by atoms with E-state index in [9.17, 15) is 0 Å². The van der Waals surface area contributed by atoms with Gasteiger partial charge in [0.2, 0.25) is 0 Å². The number of para-hydroxylation sites is 2. The Hall–Kier alpha value is -1.74. The van der Waals surface area contributed by atoms with Gasteiger partial charge < -0.3 is 4.98 Å². The molecule has 2 nitrogen and oxygen atoms in total. The summed E-state index contributed by atoms with van der Waals surface area (Å²) < 4.78 is 0. The summed E-state index contributed by atoms with van der Waals surface area (Å²) in [5, 5.41) is 0. The standard InChI is InChI=1S/C16H16N2S/c1-12(11-19-13-7-3-2-4-8-13)16-17-14-9-5-6-10-15(14)18-16/h2-10,12H,11H2,1H3,(H,17,18). The smallest absolute Gasteiger partial charge is 0.110 e. The van der Waals surface area contributed by atoms with Crippen LogP contribution in [0.2, 0.25) is 0 Å². The van der Waals surface area contributed by atoms with Gasteiger partial charge in [0.05, 0.1) is 11.0 Å². The van der Waals surface area contributed by atoms with Crippen LogP contribution in [-0.2, 0) is 0 Å². The highest BCUT2D eigenvalue weighted by Crippen LogP contribution is 2.25. The first-order valence-electron chi connectivity index (χ1n) is 6.45. The van der Waals surface area contributed by atoms with Crippen molar-refractivity contribution in [2.45, 2.75) is 17.7 Å². The number of imidazole rings is 1. The van der Waals surface area contributed by atoms with Gasteiger partial charge in [0.15, 0.2) is 0 Å². The molecule has 2 aromatic carbocycles. The summed E-state index contributed by atoms with van der Waals surface area (Å²) in [5.74, 6) is 2.52. The first-order chi connectivity index (χ1) is 9.33. The normalized spacial score (nSPS) is 12.7. The second-order valence-electron chi connectivity index (χ2n) is 4.66. The molecule has 3 aromatic rings. The van der Waals surface area contributed by atoms with Gasteiger partial charge >= 0.3 is 0 Å². The highest BCUT2D eigenvalue weighted by Gasteiger charge is 2.11. The third-order valence-electron chi connectivity index (χ3n) is 3.12. The average molecular weight is 268 g/mol. The molecule has 0 radical (unpaired) electrons. The molecule has 1 unspecified atom stereocenters. The molecule has 1 aromatic heterocycles. The Morgan fingerprint density at radius 3 is 2.58 bits per heavy atom. The largest absolute Gasteiger partial charge is 0.342 e. The van der Waals surface area contributed by atoms with Crippen LogP contribution in [0, 0.1) is 0 Å². The molecular formula is C16H16N2S. The topological polar surface area (TPSA) is 28.7 Å². The van der Waals surface area contributed by atoms with Crippen molar-refractivity contribution in [3.05, 3.63) is 60.4 Å². The van der Waals surface area contributed by atoms with Crippen LogP contribution in [0.4, 0.5) is 0 Å². The quantitative estimate of drug-likeness (QED) is 0.708. The maximum absolute atomic E-state index is 4.66. The van der Waals surface area contributed by atoms with Crippen LogP contribution in [0.15, 0.2) is 59.5 Å². The molecule has 0 spiro atoms. The number of hydrogen-bond acceptors (Lipinski definition) is 2. The molecule has 0 aliphatic carbocycles. The van der Waals surface area contributed by atoms with Gasteiger partial charge in [-0.3, -0.25) is 0 Å². The van der Waals surface area contributed by atoms with Crippen molar-refractivity contribution in [1.29, 1.82) is 0 Å². The predicted molar refractivity (Wildman–Crippen MR) is 81.7 cm³/mol. The van der Waals surface area contributed by atoms with Gasteiger partial charge in [-0.05, 0) is 24.3 Å². The maximum atomic E-state index is 4.66. The molecule has 1 heterocycles. The zero-order valence-corrected chi connectivity index (χ0v) is 11.7. The van der Waals surface area contributed by atoms with E-state index < -0.39 is 0 Å². The fraction of sp³-hybridized carbons (Fsp3) is 0.188. The molecule has 0 amide bonds. The summed E-state index contributed by atoms with van der Waals surface area (Å²) in [4.78, 5) is 9.37. The monoisotopic (exact) mass is 268 g/mol. The number of rotatable bonds is 4. The van der Waals surface area contributed by atoms with E-state index in [1.54, 1.807) is 0 Å². The van der Waals surface area contributed by atoms with Gasteiger partial charge in [0, 0.05) is 16.6 Å². The number of nitrogens with one attached hydrogen (secondary N) is 1. The van der Waals surface area contributed by atoms with E-state index in [-0.39, 0.29) is 0 Å². The summed E-state index contributed by atoms with van der Waals surface area (Å²) in [6.07, 6.45) is 0. The zero-order valence-electron chi connectivity index (χ0n) is 10.8. The van der Waals surface area contributed by atoms with E-state index >= 15 is 0 Å². The minimum absolute atomic E-state index is 0.414. The SMILES string of the molecule is CC(CSc1ccccc1)c1nc2ccccc2[nH]1. The Labute approximate surface area is 117 Å². The summed E-state index contributed by atoms with van der Waals surface area (Å²) in [6, 6.07) is 18.7. The van der Waals surface area contributed by atoms with E-state index in [0.717, 1.165) is 22.6 Å². The van der Waals surface area contributed by atoms with Crippen LogP contribution >= 0.6 is 11.8 Å². The highest BCUT2D eigenvalue weighted by atomic mass is 32.2. The van der Waals surface area contributed by atoms with Gasteiger partial charge in [-0.2, -0.15) is 0 Å². The number of nitrogens with zero attached hydrogens (tertiary/aromatic N) is 1. The van der Waals surface area contributed by atoms with E-state index in [1.807, 2.05) is 36.0 Å². The average Bonchev–Trinajstić information content (AvgIpc) is 2.90. The fourth-order valence-electron chi connectivity index (χ4n) is 2.02. The number of aromatic nitrogens is 2. The number of thioether (sulfide) groups is 1. The van der Waals surface area contributed by atoms with Crippen LogP contribution in [0.3, 0.4) is 0 Å². The molecule has 0 fully saturated rings. The number of hydrogen-bond donors (Lipinski definition) is 1. The Morgan fingerprint density at radius 1 is 1.05 bits per heavy atom. The third kappa shape index (κ3) is 2.82.